The molecule has 1 aromatic heterocycles. The topological polar surface area (TPSA) is 77.2 Å². The predicted molar refractivity (Wildman–Crippen MR) is 59.9 cm³/mol. The quantitative estimate of drug-likeness (QED) is 0.717. The number of rotatable bonds is 7. The van der Waals surface area contributed by atoms with Crippen LogP contribution in [-0.2, 0) is 17.7 Å². The van der Waals surface area contributed by atoms with Gasteiger partial charge in [0.15, 0.2) is 5.69 Å². The van der Waals surface area contributed by atoms with Gasteiger partial charge in [-0.15, -0.1) is 5.10 Å². The standard InChI is InChI=1S/C11H17N3O3/c1-2-17-6-5-14-9(7-8-3-4-8)10(11(15)16)12-13-14/h8H,2-7H2,1H3,(H,15,16). The van der Waals surface area contributed by atoms with Gasteiger partial charge in [0.25, 0.3) is 0 Å². The maximum Gasteiger partial charge on any atom is 0.358 e. The first-order valence-corrected chi connectivity index (χ1v) is 5.95. The van der Waals surface area contributed by atoms with Crippen LogP contribution < -0.4 is 0 Å². The molecule has 0 saturated heterocycles. The summed E-state index contributed by atoms with van der Waals surface area (Å²) in [5.41, 5.74) is 0.827. The number of nitrogens with zero attached hydrogens (tertiary/aromatic N) is 3. The lowest BCUT2D eigenvalue weighted by Gasteiger charge is -2.06. The molecule has 1 fully saturated rings. The van der Waals surface area contributed by atoms with E-state index in [-0.39, 0.29) is 5.69 Å². The molecule has 17 heavy (non-hydrogen) atoms. The lowest BCUT2D eigenvalue weighted by molar-refractivity contribution is 0.0688. The van der Waals surface area contributed by atoms with Gasteiger partial charge in [0, 0.05) is 6.61 Å². The summed E-state index contributed by atoms with van der Waals surface area (Å²) in [7, 11) is 0. The van der Waals surface area contributed by atoms with Crippen LogP contribution in [-0.4, -0.2) is 39.3 Å². The van der Waals surface area contributed by atoms with Crippen LogP contribution in [0.4, 0.5) is 0 Å². The molecular formula is C11H17N3O3. The number of carboxylic acid groups (broad SMARTS) is 1. The van der Waals surface area contributed by atoms with Crippen LogP contribution >= 0.6 is 0 Å². The van der Waals surface area contributed by atoms with Gasteiger partial charge in [-0.2, -0.15) is 0 Å². The zero-order chi connectivity index (χ0) is 12.3. The molecule has 1 aromatic rings. The Hall–Kier alpha value is -1.43. The molecule has 2 rings (SSSR count). The van der Waals surface area contributed by atoms with Gasteiger partial charge in [0.1, 0.15) is 0 Å². The van der Waals surface area contributed by atoms with Gasteiger partial charge < -0.3 is 9.84 Å². The van der Waals surface area contributed by atoms with Gasteiger partial charge in [0.05, 0.1) is 18.8 Å². The second-order valence-electron chi connectivity index (χ2n) is 4.26. The van der Waals surface area contributed by atoms with Crippen LogP contribution in [0.15, 0.2) is 0 Å². The zero-order valence-electron chi connectivity index (χ0n) is 9.93. The third-order valence-corrected chi connectivity index (χ3v) is 2.87. The van der Waals surface area contributed by atoms with Crippen molar-refractivity contribution in [3.05, 3.63) is 11.4 Å². The van der Waals surface area contributed by atoms with Crippen LogP contribution in [0.1, 0.15) is 35.9 Å². The number of aromatic nitrogens is 3. The number of hydrogen-bond acceptors (Lipinski definition) is 4. The number of hydrogen-bond donors (Lipinski definition) is 1. The van der Waals surface area contributed by atoms with E-state index in [0.29, 0.717) is 25.7 Å². The highest BCUT2D eigenvalue weighted by Crippen LogP contribution is 2.33. The van der Waals surface area contributed by atoms with Gasteiger partial charge in [-0.05, 0) is 32.1 Å². The Morgan fingerprint density at radius 2 is 2.35 bits per heavy atom. The SMILES string of the molecule is CCOCCn1nnc(C(=O)O)c1CC1CC1. The van der Waals surface area contributed by atoms with E-state index in [0.717, 1.165) is 12.1 Å². The summed E-state index contributed by atoms with van der Waals surface area (Å²) in [5.74, 6) is -0.388. The van der Waals surface area contributed by atoms with Crippen molar-refractivity contribution in [3.63, 3.8) is 0 Å². The highest BCUT2D eigenvalue weighted by Gasteiger charge is 2.27. The average Bonchev–Trinajstić information content (AvgIpc) is 3.01. The number of carbonyl (C=O) groups is 1. The van der Waals surface area contributed by atoms with Crippen molar-refractivity contribution >= 4 is 5.97 Å². The number of carboxylic acids is 1. The maximum absolute atomic E-state index is 11.0. The van der Waals surface area contributed by atoms with Crippen molar-refractivity contribution < 1.29 is 14.6 Å². The molecule has 0 amide bonds. The molecule has 0 bridgehead atoms. The molecule has 1 heterocycles. The van der Waals surface area contributed by atoms with E-state index in [4.69, 9.17) is 9.84 Å². The maximum atomic E-state index is 11.0. The molecule has 6 heteroatoms. The highest BCUT2D eigenvalue weighted by molar-refractivity contribution is 5.86. The fraction of sp³-hybridized carbons (Fsp3) is 0.727. The summed E-state index contributed by atoms with van der Waals surface area (Å²) in [6.45, 7) is 3.68. The molecule has 1 aliphatic rings. The van der Waals surface area contributed by atoms with Crippen LogP contribution in [0.25, 0.3) is 0 Å². The summed E-state index contributed by atoms with van der Waals surface area (Å²) in [6.07, 6.45) is 3.12. The van der Waals surface area contributed by atoms with Crippen LogP contribution in [0.2, 0.25) is 0 Å². The van der Waals surface area contributed by atoms with Crippen molar-refractivity contribution in [3.8, 4) is 0 Å². The van der Waals surface area contributed by atoms with Gasteiger partial charge in [-0.25, -0.2) is 9.48 Å². The summed E-state index contributed by atoms with van der Waals surface area (Å²) >= 11 is 0. The number of aromatic carboxylic acids is 1. The molecule has 94 valence electrons. The van der Waals surface area contributed by atoms with Gasteiger partial charge in [-0.3, -0.25) is 0 Å². The molecule has 0 aliphatic heterocycles. The van der Waals surface area contributed by atoms with Crippen LogP contribution in [0, 0.1) is 5.92 Å². The molecule has 0 radical (unpaired) electrons. The van der Waals surface area contributed by atoms with E-state index in [9.17, 15) is 4.79 Å². The molecule has 0 atom stereocenters. The zero-order valence-corrected chi connectivity index (χ0v) is 9.93. The van der Waals surface area contributed by atoms with E-state index in [2.05, 4.69) is 10.3 Å². The predicted octanol–water partition coefficient (Wildman–Crippen LogP) is 0.965. The molecule has 1 aliphatic carbocycles. The van der Waals surface area contributed by atoms with E-state index in [1.54, 1.807) is 4.68 Å². The summed E-state index contributed by atoms with van der Waals surface area (Å²) < 4.78 is 6.91. The van der Waals surface area contributed by atoms with Crippen molar-refractivity contribution in [1.82, 2.24) is 15.0 Å². The fourth-order valence-corrected chi connectivity index (χ4v) is 1.77. The van der Waals surface area contributed by atoms with E-state index in [1.165, 1.54) is 12.8 Å². The van der Waals surface area contributed by atoms with Crippen LogP contribution in [0.3, 0.4) is 0 Å². The van der Waals surface area contributed by atoms with E-state index < -0.39 is 5.97 Å². The molecular weight excluding hydrogens is 222 g/mol. The Kier molecular flexibility index (Phi) is 3.73. The minimum Gasteiger partial charge on any atom is -0.476 e. The van der Waals surface area contributed by atoms with E-state index in [1.807, 2.05) is 6.92 Å². The molecule has 0 aromatic carbocycles. The van der Waals surface area contributed by atoms with Gasteiger partial charge >= 0.3 is 5.97 Å². The normalized spacial score (nSPS) is 15.1. The molecule has 6 nitrogen and oxygen atoms in total. The number of ether oxygens (including phenoxy) is 1. The molecule has 1 N–H and O–H groups in total. The van der Waals surface area contributed by atoms with Crippen LogP contribution in [0.5, 0.6) is 0 Å². The lowest BCUT2D eigenvalue weighted by Crippen LogP contribution is -2.13. The Morgan fingerprint density at radius 1 is 1.59 bits per heavy atom. The average molecular weight is 239 g/mol. The fourth-order valence-electron chi connectivity index (χ4n) is 1.77. The summed E-state index contributed by atoms with van der Waals surface area (Å²) in [4.78, 5) is 11.0. The summed E-state index contributed by atoms with van der Waals surface area (Å²) in [5, 5.41) is 16.7. The monoisotopic (exact) mass is 239 g/mol. The van der Waals surface area contributed by atoms with Crippen molar-refractivity contribution in [2.24, 2.45) is 5.92 Å². The third kappa shape index (κ3) is 3.03. The largest absolute Gasteiger partial charge is 0.476 e. The van der Waals surface area contributed by atoms with Gasteiger partial charge in [-0.1, -0.05) is 5.21 Å². The van der Waals surface area contributed by atoms with Gasteiger partial charge in [0.2, 0.25) is 0 Å². The minimum absolute atomic E-state index is 0.0911. The van der Waals surface area contributed by atoms with Crippen molar-refractivity contribution in [2.45, 2.75) is 32.7 Å². The van der Waals surface area contributed by atoms with Crippen molar-refractivity contribution in [1.29, 1.82) is 0 Å². The Morgan fingerprint density at radius 3 is 2.94 bits per heavy atom. The second-order valence-corrected chi connectivity index (χ2v) is 4.26. The lowest BCUT2D eigenvalue weighted by atomic mass is 10.2. The molecule has 1 saturated carbocycles. The smallest absolute Gasteiger partial charge is 0.358 e. The first-order chi connectivity index (χ1) is 8.22. The Bertz CT molecular complexity index is 399. The Balaban J connectivity index is 2.09. The first-order valence-electron chi connectivity index (χ1n) is 5.95. The second kappa shape index (κ2) is 5.27. The summed E-state index contributed by atoms with van der Waals surface area (Å²) in [6, 6.07) is 0. The highest BCUT2D eigenvalue weighted by atomic mass is 16.5. The minimum atomic E-state index is -0.997. The molecule has 0 unspecified atom stereocenters. The van der Waals surface area contributed by atoms with Crippen molar-refractivity contribution in [2.75, 3.05) is 13.2 Å². The van der Waals surface area contributed by atoms with E-state index >= 15 is 0 Å². The first kappa shape index (κ1) is 12.0. The Labute approximate surface area is 99.6 Å². The molecule has 0 spiro atoms. The third-order valence-electron chi connectivity index (χ3n) is 2.87.